The Morgan fingerprint density at radius 3 is 2.56 bits per heavy atom. The molecular formula is C9H20N2O3S2. The zero-order valence-electron chi connectivity index (χ0n) is 9.97. The summed E-state index contributed by atoms with van der Waals surface area (Å²) in [4.78, 5) is 0.332. The van der Waals surface area contributed by atoms with E-state index in [-0.39, 0.29) is 11.7 Å². The number of sulfonamides is 1. The summed E-state index contributed by atoms with van der Waals surface area (Å²) in [6.45, 7) is 2.58. The van der Waals surface area contributed by atoms with Gasteiger partial charge in [0.1, 0.15) is 0 Å². The summed E-state index contributed by atoms with van der Waals surface area (Å²) in [6.07, 6.45) is 0.491. The van der Waals surface area contributed by atoms with E-state index >= 15 is 0 Å². The minimum atomic E-state index is -3.22. The molecule has 0 rings (SSSR count). The lowest BCUT2D eigenvalue weighted by atomic mass is 10.2. The fraction of sp³-hybridized carbons (Fsp3) is 0.889. The molecule has 0 heterocycles. The maximum absolute atomic E-state index is 11.7. The Kier molecular flexibility index (Phi) is 7.05. The average Bonchev–Trinajstić information content (AvgIpc) is 2.17. The van der Waals surface area contributed by atoms with Crippen LogP contribution in [0.2, 0.25) is 0 Å². The van der Waals surface area contributed by atoms with Gasteiger partial charge in [-0.1, -0.05) is 19.1 Å². The summed E-state index contributed by atoms with van der Waals surface area (Å²) in [5.74, 6) is -0.0290. The Morgan fingerprint density at radius 2 is 2.12 bits per heavy atom. The van der Waals surface area contributed by atoms with Gasteiger partial charge in [0.05, 0.1) is 10.7 Å². The fourth-order valence-corrected chi connectivity index (χ4v) is 2.45. The highest BCUT2D eigenvalue weighted by molar-refractivity contribution is 7.89. The lowest BCUT2D eigenvalue weighted by molar-refractivity contribution is 0.199. The molecule has 1 atom stereocenters. The van der Waals surface area contributed by atoms with Crippen LogP contribution in [0.15, 0.2) is 0 Å². The topological polar surface area (TPSA) is 72.6 Å². The first kappa shape index (κ1) is 15.8. The highest BCUT2D eigenvalue weighted by Gasteiger charge is 2.20. The van der Waals surface area contributed by atoms with Crippen LogP contribution in [0.4, 0.5) is 0 Å². The molecule has 2 N–H and O–H groups in total. The van der Waals surface area contributed by atoms with Gasteiger partial charge in [0.25, 0.3) is 0 Å². The van der Waals surface area contributed by atoms with E-state index in [0.717, 1.165) is 0 Å². The van der Waals surface area contributed by atoms with Crippen LogP contribution >= 0.6 is 12.2 Å². The largest absolute Gasteiger partial charge is 0.393 e. The minimum Gasteiger partial charge on any atom is -0.393 e. The number of rotatable bonds is 8. The van der Waals surface area contributed by atoms with Crippen molar-refractivity contribution in [1.82, 2.24) is 4.31 Å². The normalized spacial score (nSPS) is 14.0. The van der Waals surface area contributed by atoms with Gasteiger partial charge in [-0.25, -0.2) is 12.7 Å². The maximum atomic E-state index is 11.7. The Hall–Kier alpha value is -0.240. The van der Waals surface area contributed by atoms with Crippen molar-refractivity contribution in [3.63, 3.8) is 0 Å². The van der Waals surface area contributed by atoms with Crippen molar-refractivity contribution in [2.75, 3.05) is 33.1 Å². The lowest BCUT2D eigenvalue weighted by Crippen LogP contribution is -2.36. The predicted octanol–water partition coefficient (Wildman–Crippen LogP) is 0.207. The number of nitrogens with two attached hydrogens (primary N) is 1. The quantitative estimate of drug-likeness (QED) is 0.503. The summed E-state index contributed by atoms with van der Waals surface area (Å²) in [5.41, 5.74) is 5.44. The molecule has 0 aliphatic carbocycles. The Morgan fingerprint density at radius 1 is 1.56 bits per heavy atom. The molecular weight excluding hydrogens is 248 g/mol. The van der Waals surface area contributed by atoms with Crippen LogP contribution in [-0.4, -0.2) is 50.8 Å². The minimum absolute atomic E-state index is 0.0847. The highest BCUT2D eigenvalue weighted by Crippen LogP contribution is 2.05. The third kappa shape index (κ3) is 5.74. The van der Waals surface area contributed by atoms with Crippen molar-refractivity contribution >= 4 is 27.2 Å². The first-order chi connectivity index (χ1) is 7.31. The van der Waals surface area contributed by atoms with Crippen LogP contribution in [0.3, 0.4) is 0 Å². The Bertz CT molecular complexity index is 317. The van der Waals surface area contributed by atoms with Gasteiger partial charge in [0, 0.05) is 33.2 Å². The number of nitrogens with zero attached hydrogens (tertiary/aromatic N) is 1. The molecule has 16 heavy (non-hydrogen) atoms. The molecule has 96 valence electrons. The summed E-state index contributed by atoms with van der Waals surface area (Å²) >= 11 is 4.80. The molecule has 0 aromatic rings. The van der Waals surface area contributed by atoms with Crippen molar-refractivity contribution in [3.05, 3.63) is 0 Å². The van der Waals surface area contributed by atoms with E-state index < -0.39 is 10.0 Å². The molecule has 0 aromatic heterocycles. The predicted molar refractivity (Wildman–Crippen MR) is 68.9 cm³/mol. The summed E-state index contributed by atoms with van der Waals surface area (Å²) in [6, 6.07) is 0. The standard InChI is InChI=1S/C9H20N2O3S2/c1-8(9(10)15)7-11(2)16(12,13)6-4-5-14-3/h8H,4-7H2,1-3H3,(H2,10,15). The number of thiocarbonyl (C=S) groups is 1. The number of hydrogen-bond acceptors (Lipinski definition) is 4. The van der Waals surface area contributed by atoms with E-state index in [2.05, 4.69) is 0 Å². The van der Waals surface area contributed by atoms with Gasteiger partial charge in [-0.05, 0) is 6.42 Å². The third-order valence-electron chi connectivity index (χ3n) is 2.24. The molecule has 0 aromatic carbocycles. The fourth-order valence-electron chi connectivity index (χ4n) is 1.13. The second-order valence-corrected chi connectivity index (χ2v) is 6.41. The summed E-state index contributed by atoms with van der Waals surface area (Å²) < 4.78 is 29.6. The maximum Gasteiger partial charge on any atom is 0.213 e. The SMILES string of the molecule is COCCCS(=O)(=O)N(C)CC(C)C(N)=S. The molecule has 0 bridgehead atoms. The van der Waals surface area contributed by atoms with Crippen LogP contribution in [0.5, 0.6) is 0 Å². The second-order valence-electron chi connectivity index (χ2n) is 3.75. The van der Waals surface area contributed by atoms with E-state index in [4.69, 9.17) is 22.7 Å². The van der Waals surface area contributed by atoms with Gasteiger partial charge < -0.3 is 10.5 Å². The van der Waals surface area contributed by atoms with Crippen molar-refractivity contribution in [3.8, 4) is 0 Å². The van der Waals surface area contributed by atoms with Crippen molar-refractivity contribution < 1.29 is 13.2 Å². The van der Waals surface area contributed by atoms with Crippen LogP contribution in [-0.2, 0) is 14.8 Å². The second kappa shape index (κ2) is 7.16. The van der Waals surface area contributed by atoms with Crippen LogP contribution in [0, 0.1) is 5.92 Å². The van der Waals surface area contributed by atoms with E-state index in [0.29, 0.717) is 24.6 Å². The first-order valence-electron chi connectivity index (χ1n) is 5.03. The van der Waals surface area contributed by atoms with Crippen LogP contribution < -0.4 is 5.73 Å². The van der Waals surface area contributed by atoms with Gasteiger partial charge in [-0.15, -0.1) is 0 Å². The van der Waals surface area contributed by atoms with Gasteiger partial charge in [-0.2, -0.15) is 0 Å². The molecule has 0 amide bonds. The molecule has 0 saturated carbocycles. The Labute approximate surface area is 103 Å². The lowest BCUT2D eigenvalue weighted by Gasteiger charge is -2.20. The van der Waals surface area contributed by atoms with E-state index in [1.165, 1.54) is 11.4 Å². The van der Waals surface area contributed by atoms with Crippen molar-refractivity contribution in [2.24, 2.45) is 11.7 Å². The number of ether oxygens (including phenoxy) is 1. The van der Waals surface area contributed by atoms with Crippen molar-refractivity contribution in [2.45, 2.75) is 13.3 Å². The molecule has 0 fully saturated rings. The van der Waals surface area contributed by atoms with Crippen molar-refractivity contribution in [1.29, 1.82) is 0 Å². The molecule has 5 nitrogen and oxygen atoms in total. The zero-order valence-corrected chi connectivity index (χ0v) is 11.6. The van der Waals surface area contributed by atoms with Crippen LogP contribution in [0.1, 0.15) is 13.3 Å². The third-order valence-corrected chi connectivity index (χ3v) is 4.55. The smallest absolute Gasteiger partial charge is 0.213 e. The number of hydrogen-bond donors (Lipinski definition) is 1. The van der Waals surface area contributed by atoms with Gasteiger partial charge in [0.15, 0.2) is 0 Å². The van der Waals surface area contributed by atoms with Gasteiger partial charge in [0.2, 0.25) is 10.0 Å². The molecule has 0 radical (unpaired) electrons. The van der Waals surface area contributed by atoms with Gasteiger partial charge in [-0.3, -0.25) is 0 Å². The number of methoxy groups -OCH3 is 1. The molecule has 1 unspecified atom stereocenters. The molecule has 0 aliphatic rings. The monoisotopic (exact) mass is 268 g/mol. The van der Waals surface area contributed by atoms with E-state index in [9.17, 15) is 8.42 Å². The summed E-state index contributed by atoms with van der Waals surface area (Å²) in [5, 5.41) is 0. The summed E-state index contributed by atoms with van der Waals surface area (Å²) in [7, 11) is -0.137. The molecule has 0 saturated heterocycles. The molecule has 7 heteroatoms. The Balaban J connectivity index is 4.24. The average molecular weight is 268 g/mol. The first-order valence-corrected chi connectivity index (χ1v) is 7.05. The van der Waals surface area contributed by atoms with E-state index in [1.54, 1.807) is 7.11 Å². The molecule has 0 aliphatic heterocycles. The zero-order chi connectivity index (χ0) is 12.8. The van der Waals surface area contributed by atoms with Gasteiger partial charge >= 0.3 is 0 Å². The van der Waals surface area contributed by atoms with Crippen LogP contribution in [0.25, 0.3) is 0 Å². The molecule has 0 spiro atoms. The van der Waals surface area contributed by atoms with E-state index in [1.807, 2.05) is 6.92 Å². The highest BCUT2D eigenvalue weighted by atomic mass is 32.2.